The van der Waals surface area contributed by atoms with Crippen LogP contribution < -0.4 is 11.1 Å². The number of amides is 1. The van der Waals surface area contributed by atoms with Crippen molar-refractivity contribution >= 4 is 5.91 Å². The van der Waals surface area contributed by atoms with Gasteiger partial charge >= 0.3 is 0 Å². The van der Waals surface area contributed by atoms with Crippen LogP contribution in [0.1, 0.15) is 40.5 Å². The molecule has 0 saturated heterocycles. The average Bonchev–Trinajstić information content (AvgIpc) is 2.00. The standard InChI is InChI=1S/C11H24N2O/c1-8(2)5-10(7-12)6-11(14)13-9(3)4/h8-10H,5-7,12H2,1-4H3,(H,13,14)/t10-/m0/s1. The topological polar surface area (TPSA) is 55.1 Å². The van der Waals surface area contributed by atoms with Crippen molar-refractivity contribution in [1.29, 1.82) is 0 Å². The summed E-state index contributed by atoms with van der Waals surface area (Å²) in [6.45, 7) is 8.85. The largest absolute Gasteiger partial charge is 0.354 e. The molecule has 84 valence electrons. The van der Waals surface area contributed by atoms with Crippen LogP contribution in [0.2, 0.25) is 0 Å². The number of carbonyl (C=O) groups is 1. The zero-order chi connectivity index (χ0) is 11.1. The molecule has 0 aliphatic rings. The Morgan fingerprint density at radius 1 is 1.29 bits per heavy atom. The van der Waals surface area contributed by atoms with E-state index < -0.39 is 0 Å². The highest BCUT2D eigenvalue weighted by Gasteiger charge is 2.14. The number of nitrogens with two attached hydrogens (primary N) is 1. The van der Waals surface area contributed by atoms with Crippen molar-refractivity contribution < 1.29 is 4.79 Å². The summed E-state index contributed by atoms with van der Waals surface area (Å²) in [6, 6.07) is 0.222. The van der Waals surface area contributed by atoms with Gasteiger partial charge in [0, 0.05) is 12.5 Å². The molecule has 0 radical (unpaired) electrons. The van der Waals surface area contributed by atoms with Gasteiger partial charge in [0.05, 0.1) is 0 Å². The molecular formula is C11H24N2O. The zero-order valence-electron chi connectivity index (χ0n) is 9.84. The zero-order valence-corrected chi connectivity index (χ0v) is 9.84. The fourth-order valence-electron chi connectivity index (χ4n) is 1.57. The van der Waals surface area contributed by atoms with Crippen LogP contribution in [0, 0.1) is 11.8 Å². The van der Waals surface area contributed by atoms with Gasteiger partial charge in [-0.15, -0.1) is 0 Å². The Balaban J connectivity index is 3.86. The molecule has 0 aliphatic heterocycles. The predicted octanol–water partition coefficient (Wildman–Crippen LogP) is 1.52. The van der Waals surface area contributed by atoms with Crippen LogP contribution >= 0.6 is 0 Å². The highest BCUT2D eigenvalue weighted by atomic mass is 16.1. The molecule has 0 unspecified atom stereocenters. The van der Waals surface area contributed by atoms with Gasteiger partial charge in [0.1, 0.15) is 0 Å². The second kappa shape index (κ2) is 6.82. The van der Waals surface area contributed by atoms with Gasteiger partial charge in [-0.1, -0.05) is 13.8 Å². The Labute approximate surface area is 87.4 Å². The minimum absolute atomic E-state index is 0.121. The second-order valence-corrected chi connectivity index (χ2v) is 4.66. The maximum Gasteiger partial charge on any atom is 0.220 e. The molecule has 0 aromatic rings. The third kappa shape index (κ3) is 6.89. The summed E-state index contributed by atoms with van der Waals surface area (Å²) in [7, 11) is 0. The van der Waals surface area contributed by atoms with Crippen molar-refractivity contribution in [1.82, 2.24) is 5.32 Å². The predicted molar refractivity (Wildman–Crippen MR) is 59.9 cm³/mol. The van der Waals surface area contributed by atoms with Crippen LogP contribution in [-0.4, -0.2) is 18.5 Å². The Morgan fingerprint density at radius 2 is 1.86 bits per heavy atom. The quantitative estimate of drug-likeness (QED) is 0.683. The highest BCUT2D eigenvalue weighted by molar-refractivity contribution is 5.76. The lowest BCUT2D eigenvalue weighted by molar-refractivity contribution is -0.122. The first kappa shape index (κ1) is 13.4. The number of hydrogen-bond donors (Lipinski definition) is 2. The average molecular weight is 200 g/mol. The Hall–Kier alpha value is -0.570. The van der Waals surface area contributed by atoms with Crippen LogP contribution in [0.3, 0.4) is 0 Å². The molecule has 14 heavy (non-hydrogen) atoms. The number of carbonyl (C=O) groups excluding carboxylic acids is 1. The summed E-state index contributed by atoms with van der Waals surface area (Å²) in [5.74, 6) is 1.06. The van der Waals surface area contributed by atoms with Crippen LogP contribution in [0.4, 0.5) is 0 Å². The minimum atomic E-state index is 0.121. The van der Waals surface area contributed by atoms with E-state index in [-0.39, 0.29) is 11.9 Å². The lowest BCUT2D eigenvalue weighted by Crippen LogP contribution is -2.33. The maximum absolute atomic E-state index is 11.4. The van der Waals surface area contributed by atoms with E-state index in [1.54, 1.807) is 0 Å². The highest BCUT2D eigenvalue weighted by Crippen LogP contribution is 2.13. The molecule has 0 fully saturated rings. The minimum Gasteiger partial charge on any atom is -0.354 e. The van der Waals surface area contributed by atoms with Gasteiger partial charge in [0.2, 0.25) is 5.91 Å². The van der Waals surface area contributed by atoms with Crippen LogP contribution in [0.15, 0.2) is 0 Å². The third-order valence-electron chi connectivity index (χ3n) is 2.06. The van der Waals surface area contributed by atoms with E-state index in [4.69, 9.17) is 5.73 Å². The fourth-order valence-corrected chi connectivity index (χ4v) is 1.57. The second-order valence-electron chi connectivity index (χ2n) is 4.66. The molecule has 1 atom stereocenters. The SMILES string of the molecule is CC(C)C[C@H](CN)CC(=O)NC(C)C. The molecule has 0 spiro atoms. The van der Waals surface area contributed by atoms with Crippen LogP contribution in [0.5, 0.6) is 0 Å². The smallest absolute Gasteiger partial charge is 0.220 e. The maximum atomic E-state index is 11.4. The molecule has 0 rings (SSSR count). The normalized spacial score (nSPS) is 13.4. The molecule has 0 aromatic carbocycles. The van der Waals surface area contributed by atoms with Crippen molar-refractivity contribution in [3.8, 4) is 0 Å². The monoisotopic (exact) mass is 200 g/mol. The molecule has 0 aliphatic carbocycles. The van der Waals surface area contributed by atoms with Crippen LogP contribution in [0.25, 0.3) is 0 Å². The molecule has 3 nitrogen and oxygen atoms in total. The number of rotatable bonds is 6. The van der Waals surface area contributed by atoms with Gasteiger partial charge in [-0.25, -0.2) is 0 Å². The molecule has 0 aromatic heterocycles. The van der Waals surface area contributed by atoms with Gasteiger partial charge < -0.3 is 11.1 Å². The van der Waals surface area contributed by atoms with E-state index in [1.807, 2.05) is 13.8 Å². The van der Waals surface area contributed by atoms with Gasteiger partial charge in [0.25, 0.3) is 0 Å². The number of hydrogen-bond acceptors (Lipinski definition) is 2. The summed E-state index contributed by atoms with van der Waals surface area (Å²) >= 11 is 0. The molecule has 3 heteroatoms. The summed E-state index contributed by atoms with van der Waals surface area (Å²) in [5.41, 5.74) is 5.62. The first-order valence-electron chi connectivity index (χ1n) is 5.45. The van der Waals surface area contributed by atoms with Crippen LogP contribution in [-0.2, 0) is 4.79 Å². The van der Waals surface area contributed by atoms with Gasteiger partial charge in [-0.05, 0) is 38.6 Å². The lowest BCUT2D eigenvalue weighted by atomic mass is 9.94. The van der Waals surface area contributed by atoms with Crippen molar-refractivity contribution in [3.63, 3.8) is 0 Å². The summed E-state index contributed by atoms with van der Waals surface area (Å²) in [4.78, 5) is 11.4. The Morgan fingerprint density at radius 3 is 2.21 bits per heavy atom. The Kier molecular flexibility index (Phi) is 6.54. The molecule has 0 saturated carbocycles. The van der Waals surface area contributed by atoms with E-state index >= 15 is 0 Å². The van der Waals surface area contributed by atoms with E-state index in [2.05, 4.69) is 19.2 Å². The van der Waals surface area contributed by atoms with E-state index in [0.717, 1.165) is 6.42 Å². The molecule has 1 amide bonds. The van der Waals surface area contributed by atoms with E-state index in [0.29, 0.717) is 24.8 Å². The molecule has 0 heterocycles. The fraction of sp³-hybridized carbons (Fsp3) is 0.909. The number of nitrogens with one attached hydrogen (secondary N) is 1. The van der Waals surface area contributed by atoms with Crippen molar-refractivity contribution in [2.24, 2.45) is 17.6 Å². The first-order chi connectivity index (χ1) is 6.45. The van der Waals surface area contributed by atoms with Gasteiger partial charge in [0.15, 0.2) is 0 Å². The first-order valence-corrected chi connectivity index (χ1v) is 5.45. The molecule has 0 bridgehead atoms. The summed E-state index contributed by atoms with van der Waals surface area (Å²) < 4.78 is 0. The van der Waals surface area contributed by atoms with Gasteiger partial charge in [-0.3, -0.25) is 4.79 Å². The van der Waals surface area contributed by atoms with E-state index in [9.17, 15) is 4.79 Å². The van der Waals surface area contributed by atoms with Gasteiger partial charge in [-0.2, -0.15) is 0 Å². The summed E-state index contributed by atoms with van der Waals surface area (Å²) in [6.07, 6.45) is 1.59. The van der Waals surface area contributed by atoms with E-state index in [1.165, 1.54) is 0 Å². The molecule has 3 N–H and O–H groups in total. The van der Waals surface area contributed by atoms with Crippen molar-refractivity contribution in [3.05, 3.63) is 0 Å². The summed E-state index contributed by atoms with van der Waals surface area (Å²) in [5, 5.41) is 2.89. The lowest BCUT2D eigenvalue weighted by Gasteiger charge is -2.17. The molecular weight excluding hydrogens is 176 g/mol. The third-order valence-corrected chi connectivity index (χ3v) is 2.06. The van der Waals surface area contributed by atoms with Crippen molar-refractivity contribution in [2.45, 2.75) is 46.6 Å². The Bertz CT molecular complexity index is 167. The van der Waals surface area contributed by atoms with Crippen molar-refractivity contribution in [2.75, 3.05) is 6.54 Å².